The SMILES string of the molecule is COCCC(CO)NC1CCOc2ccccc21. The molecule has 2 unspecified atom stereocenters. The van der Waals surface area contributed by atoms with Crippen molar-refractivity contribution < 1.29 is 14.6 Å². The molecule has 1 aliphatic rings. The molecule has 0 aromatic heterocycles. The van der Waals surface area contributed by atoms with Crippen LogP contribution in [0.2, 0.25) is 0 Å². The van der Waals surface area contributed by atoms with Crippen LogP contribution in [0.25, 0.3) is 0 Å². The summed E-state index contributed by atoms with van der Waals surface area (Å²) in [7, 11) is 1.68. The van der Waals surface area contributed by atoms with Gasteiger partial charge in [0, 0.05) is 37.8 Å². The third-order valence-electron chi connectivity index (χ3n) is 3.29. The Balaban J connectivity index is 2.01. The predicted molar refractivity (Wildman–Crippen MR) is 69.8 cm³/mol. The van der Waals surface area contributed by atoms with Gasteiger partial charge < -0.3 is 19.9 Å². The molecule has 0 radical (unpaired) electrons. The van der Waals surface area contributed by atoms with Gasteiger partial charge in [0.05, 0.1) is 13.2 Å². The third kappa shape index (κ3) is 3.22. The molecule has 1 aliphatic heterocycles. The summed E-state index contributed by atoms with van der Waals surface area (Å²) in [5.74, 6) is 0.949. The van der Waals surface area contributed by atoms with Gasteiger partial charge in [-0.1, -0.05) is 18.2 Å². The van der Waals surface area contributed by atoms with Crippen LogP contribution < -0.4 is 10.1 Å². The smallest absolute Gasteiger partial charge is 0.124 e. The zero-order chi connectivity index (χ0) is 12.8. The summed E-state index contributed by atoms with van der Waals surface area (Å²) in [6.07, 6.45) is 1.74. The van der Waals surface area contributed by atoms with Gasteiger partial charge in [-0.3, -0.25) is 0 Å². The highest BCUT2D eigenvalue weighted by molar-refractivity contribution is 5.37. The lowest BCUT2D eigenvalue weighted by Gasteiger charge is -2.30. The second-order valence-corrected chi connectivity index (χ2v) is 4.56. The van der Waals surface area contributed by atoms with Crippen molar-refractivity contribution in [1.82, 2.24) is 5.32 Å². The fourth-order valence-electron chi connectivity index (χ4n) is 2.29. The Morgan fingerprint density at radius 3 is 3.11 bits per heavy atom. The highest BCUT2D eigenvalue weighted by Crippen LogP contribution is 2.31. The van der Waals surface area contributed by atoms with E-state index in [1.165, 1.54) is 5.56 Å². The number of hydrogen-bond acceptors (Lipinski definition) is 4. The first-order valence-corrected chi connectivity index (χ1v) is 6.42. The zero-order valence-electron chi connectivity index (χ0n) is 10.8. The summed E-state index contributed by atoms with van der Waals surface area (Å²) in [4.78, 5) is 0. The van der Waals surface area contributed by atoms with E-state index in [9.17, 15) is 5.11 Å². The molecule has 2 N–H and O–H groups in total. The van der Waals surface area contributed by atoms with E-state index in [0.29, 0.717) is 6.61 Å². The average Bonchev–Trinajstić information content (AvgIpc) is 2.43. The Morgan fingerprint density at radius 1 is 1.50 bits per heavy atom. The monoisotopic (exact) mass is 251 g/mol. The molecule has 0 spiro atoms. The number of aliphatic hydroxyl groups is 1. The van der Waals surface area contributed by atoms with Gasteiger partial charge in [0.1, 0.15) is 5.75 Å². The van der Waals surface area contributed by atoms with Gasteiger partial charge in [0.25, 0.3) is 0 Å². The van der Waals surface area contributed by atoms with E-state index in [-0.39, 0.29) is 18.7 Å². The van der Waals surface area contributed by atoms with E-state index in [4.69, 9.17) is 9.47 Å². The minimum Gasteiger partial charge on any atom is -0.493 e. The molecule has 2 rings (SSSR count). The lowest BCUT2D eigenvalue weighted by atomic mass is 9.99. The molecule has 2 atom stereocenters. The molecule has 0 amide bonds. The summed E-state index contributed by atoms with van der Waals surface area (Å²) < 4.78 is 10.7. The standard InChI is InChI=1S/C14H21NO3/c1-17-8-6-11(10-16)15-13-7-9-18-14-5-3-2-4-12(13)14/h2-5,11,13,15-16H,6-10H2,1H3. The van der Waals surface area contributed by atoms with Crippen LogP contribution in [0.4, 0.5) is 0 Å². The quantitative estimate of drug-likeness (QED) is 0.804. The molecule has 4 heteroatoms. The van der Waals surface area contributed by atoms with Crippen molar-refractivity contribution in [3.05, 3.63) is 29.8 Å². The fourth-order valence-corrected chi connectivity index (χ4v) is 2.29. The number of nitrogens with one attached hydrogen (secondary N) is 1. The average molecular weight is 251 g/mol. The van der Waals surface area contributed by atoms with Crippen LogP contribution in [0.3, 0.4) is 0 Å². The first kappa shape index (κ1) is 13.3. The Labute approximate surface area is 108 Å². The Kier molecular flexibility index (Phi) is 4.99. The van der Waals surface area contributed by atoms with Crippen molar-refractivity contribution in [2.24, 2.45) is 0 Å². The molecule has 4 nitrogen and oxygen atoms in total. The van der Waals surface area contributed by atoms with E-state index in [1.54, 1.807) is 7.11 Å². The number of methoxy groups -OCH3 is 1. The topological polar surface area (TPSA) is 50.7 Å². The van der Waals surface area contributed by atoms with E-state index >= 15 is 0 Å². The number of benzene rings is 1. The Bertz CT molecular complexity index is 370. The first-order chi connectivity index (χ1) is 8.85. The van der Waals surface area contributed by atoms with E-state index in [1.807, 2.05) is 18.2 Å². The van der Waals surface area contributed by atoms with Crippen LogP contribution in [0, 0.1) is 0 Å². The van der Waals surface area contributed by atoms with Crippen molar-refractivity contribution in [2.45, 2.75) is 24.9 Å². The highest BCUT2D eigenvalue weighted by atomic mass is 16.5. The number of ether oxygens (including phenoxy) is 2. The van der Waals surface area contributed by atoms with Crippen molar-refractivity contribution in [3.63, 3.8) is 0 Å². The van der Waals surface area contributed by atoms with Gasteiger partial charge >= 0.3 is 0 Å². The van der Waals surface area contributed by atoms with Crippen molar-refractivity contribution in [3.8, 4) is 5.75 Å². The molecular formula is C14H21NO3. The second kappa shape index (κ2) is 6.73. The minimum absolute atomic E-state index is 0.0705. The summed E-state index contributed by atoms with van der Waals surface area (Å²) in [6.45, 7) is 1.50. The molecule has 1 aromatic rings. The number of para-hydroxylation sites is 1. The predicted octanol–water partition coefficient (Wildman–Crippen LogP) is 1.50. The molecule has 0 fully saturated rings. The second-order valence-electron chi connectivity index (χ2n) is 4.56. The number of rotatable bonds is 6. The summed E-state index contributed by atoms with van der Waals surface area (Å²) in [6, 6.07) is 8.40. The zero-order valence-corrected chi connectivity index (χ0v) is 10.8. The third-order valence-corrected chi connectivity index (χ3v) is 3.29. The van der Waals surface area contributed by atoms with Crippen LogP contribution in [-0.4, -0.2) is 38.1 Å². The van der Waals surface area contributed by atoms with Crippen LogP contribution >= 0.6 is 0 Å². The molecular weight excluding hydrogens is 230 g/mol. The van der Waals surface area contributed by atoms with Crippen molar-refractivity contribution in [2.75, 3.05) is 26.9 Å². The Hall–Kier alpha value is -1.10. The van der Waals surface area contributed by atoms with Crippen LogP contribution in [0.15, 0.2) is 24.3 Å². The number of aliphatic hydroxyl groups excluding tert-OH is 1. The largest absolute Gasteiger partial charge is 0.493 e. The van der Waals surface area contributed by atoms with Gasteiger partial charge in [0.15, 0.2) is 0 Å². The maximum atomic E-state index is 9.38. The molecule has 0 saturated carbocycles. The minimum atomic E-state index is 0.0705. The molecule has 100 valence electrons. The fraction of sp³-hybridized carbons (Fsp3) is 0.571. The van der Waals surface area contributed by atoms with Gasteiger partial charge in [-0.2, -0.15) is 0 Å². The van der Waals surface area contributed by atoms with Crippen LogP contribution in [0.1, 0.15) is 24.4 Å². The van der Waals surface area contributed by atoms with Crippen LogP contribution in [0.5, 0.6) is 5.75 Å². The lowest BCUT2D eigenvalue weighted by molar-refractivity contribution is 0.148. The summed E-state index contributed by atoms with van der Waals surface area (Å²) in [5, 5.41) is 12.9. The summed E-state index contributed by atoms with van der Waals surface area (Å²) in [5.41, 5.74) is 1.18. The molecule has 0 saturated heterocycles. The van der Waals surface area contributed by atoms with Gasteiger partial charge in [0.2, 0.25) is 0 Å². The van der Waals surface area contributed by atoms with Gasteiger partial charge in [-0.25, -0.2) is 0 Å². The normalized spacial score (nSPS) is 20.0. The Morgan fingerprint density at radius 2 is 2.33 bits per heavy atom. The van der Waals surface area contributed by atoms with Crippen LogP contribution in [-0.2, 0) is 4.74 Å². The molecule has 18 heavy (non-hydrogen) atoms. The number of fused-ring (bicyclic) bond motifs is 1. The van der Waals surface area contributed by atoms with Gasteiger partial charge in [-0.15, -0.1) is 0 Å². The lowest BCUT2D eigenvalue weighted by Crippen LogP contribution is -2.38. The molecule has 0 bridgehead atoms. The maximum absolute atomic E-state index is 9.38. The highest BCUT2D eigenvalue weighted by Gasteiger charge is 2.23. The van der Waals surface area contributed by atoms with Gasteiger partial charge in [-0.05, 0) is 12.5 Å². The van der Waals surface area contributed by atoms with Crippen molar-refractivity contribution >= 4 is 0 Å². The summed E-state index contributed by atoms with van der Waals surface area (Å²) >= 11 is 0. The van der Waals surface area contributed by atoms with E-state index in [0.717, 1.165) is 25.2 Å². The number of hydrogen-bond donors (Lipinski definition) is 2. The molecule has 0 aliphatic carbocycles. The molecule has 1 heterocycles. The van der Waals surface area contributed by atoms with E-state index in [2.05, 4.69) is 11.4 Å². The van der Waals surface area contributed by atoms with Crippen molar-refractivity contribution in [1.29, 1.82) is 0 Å². The first-order valence-electron chi connectivity index (χ1n) is 6.42. The maximum Gasteiger partial charge on any atom is 0.124 e. The molecule has 1 aromatic carbocycles. The van der Waals surface area contributed by atoms with E-state index < -0.39 is 0 Å².